The fourth-order valence-electron chi connectivity index (χ4n) is 2.21. The van der Waals surface area contributed by atoms with Crippen LogP contribution in [0.4, 0.5) is 0 Å². The minimum absolute atomic E-state index is 0.408. The summed E-state index contributed by atoms with van der Waals surface area (Å²) in [5.74, 6) is -0.457. The number of ether oxygens (including phenoxy) is 1. The molecule has 2 N–H and O–H groups in total. The molecule has 0 fully saturated rings. The Morgan fingerprint density at radius 2 is 2.32 bits per heavy atom. The third-order valence-electron chi connectivity index (χ3n) is 3.36. The van der Waals surface area contributed by atoms with Gasteiger partial charge >= 0.3 is 5.97 Å². The van der Waals surface area contributed by atoms with Gasteiger partial charge in [0.2, 0.25) is 0 Å². The smallest absolute Gasteiger partial charge is 0.332 e. The van der Waals surface area contributed by atoms with Gasteiger partial charge in [-0.15, -0.1) is 5.10 Å². The lowest BCUT2D eigenvalue weighted by Gasteiger charge is -2.10. The summed E-state index contributed by atoms with van der Waals surface area (Å²) < 4.78 is 6.79. The number of nitrogens with one attached hydrogen (secondary N) is 1. The number of methoxy groups -OCH3 is 1. The van der Waals surface area contributed by atoms with Gasteiger partial charge in [0.05, 0.1) is 0 Å². The molecule has 0 aliphatic heterocycles. The summed E-state index contributed by atoms with van der Waals surface area (Å²) in [4.78, 5) is 15.3. The number of aromatic nitrogens is 6. The second-order valence-electron chi connectivity index (χ2n) is 4.78. The molecule has 0 bridgehead atoms. The van der Waals surface area contributed by atoms with Crippen molar-refractivity contribution in [3.05, 3.63) is 30.1 Å². The van der Waals surface area contributed by atoms with Gasteiger partial charge in [-0.05, 0) is 34.9 Å². The van der Waals surface area contributed by atoms with Crippen LogP contribution in [-0.4, -0.2) is 54.3 Å². The third-order valence-corrected chi connectivity index (χ3v) is 3.36. The molecule has 1 atom stereocenters. The highest BCUT2D eigenvalue weighted by Crippen LogP contribution is 2.16. The Labute approximate surface area is 124 Å². The Hall–Kier alpha value is -2.81. The van der Waals surface area contributed by atoms with E-state index in [9.17, 15) is 4.79 Å². The Balaban J connectivity index is 1.79. The van der Waals surface area contributed by atoms with E-state index >= 15 is 0 Å². The molecule has 1 unspecified atom stereocenters. The fraction of sp³-hybridized carbons (Fsp3) is 0.308. The number of carbonyl (C=O) groups is 1. The van der Waals surface area contributed by atoms with E-state index in [0.29, 0.717) is 24.4 Å². The minimum Gasteiger partial charge on any atom is -0.479 e. The van der Waals surface area contributed by atoms with E-state index in [-0.39, 0.29) is 0 Å². The average molecular weight is 302 g/mol. The molecule has 0 spiro atoms. The van der Waals surface area contributed by atoms with E-state index < -0.39 is 12.1 Å². The molecule has 0 aliphatic carbocycles. The van der Waals surface area contributed by atoms with E-state index in [1.807, 2.05) is 28.9 Å². The van der Waals surface area contributed by atoms with Crippen LogP contribution in [0.15, 0.2) is 24.5 Å². The van der Waals surface area contributed by atoms with Crippen molar-refractivity contribution in [1.82, 2.24) is 30.0 Å². The molecule has 9 nitrogen and oxygen atoms in total. The Kier molecular flexibility index (Phi) is 3.79. The SMILES string of the molecule is COC(CCc1ccc2nc(-c3nnn[nH]3)cn2c1)C(=O)O. The number of hydrogen-bond donors (Lipinski definition) is 2. The highest BCUT2D eigenvalue weighted by Gasteiger charge is 2.16. The topological polar surface area (TPSA) is 118 Å². The molecular weight excluding hydrogens is 288 g/mol. The van der Waals surface area contributed by atoms with Crippen molar-refractivity contribution in [2.24, 2.45) is 0 Å². The van der Waals surface area contributed by atoms with Crippen molar-refractivity contribution >= 4 is 11.6 Å². The second kappa shape index (κ2) is 5.90. The number of nitrogens with zero attached hydrogens (tertiary/aromatic N) is 5. The lowest BCUT2D eigenvalue weighted by atomic mass is 10.1. The van der Waals surface area contributed by atoms with Crippen molar-refractivity contribution in [1.29, 1.82) is 0 Å². The summed E-state index contributed by atoms with van der Waals surface area (Å²) in [5, 5.41) is 22.5. The molecule has 3 heterocycles. The largest absolute Gasteiger partial charge is 0.479 e. The van der Waals surface area contributed by atoms with Crippen molar-refractivity contribution < 1.29 is 14.6 Å². The van der Waals surface area contributed by atoms with Gasteiger partial charge in [0, 0.05) is 19.5 Å². The van der Waals surface area contributed by atoms with E-state index in [2.05, 4.69) is 25.6 Å². The zero-order valence-corrected chi connectivity index (χ0v) is 11.8. The van der Waals surface area contributed by atoms with Gasteiger partial charge in [0.1, 0.15) is 11.3 Å². The van der Waals surface area contributed by atoms with E-state index in [4.69, 9.17) is 9.84 Å². The van der Waals surface area contributed by atoms with Gasteiger partial charge in [-0.1, -0.05) is 6.07 Å². The van der Waals surface area contributed by atoms with Gasteiger partial charge in [0.15, 0.2) is 11.9 Å². The Morgan fingerprint density at radius 1 is 1.45 bits per heavy atom. The fourth-order valence-corrected chi connectivity index (χ4v) is 2.21. The van der Waals surface area contributed by atoms with E-state index in [0.717, 1.165) is 11.2 Å². The monoisotopic (exact) mass is 302 g/mol. The van der Waals surface area contributed by atoms with Crippen LogP contribution in [0.1, 0.15) is 12.0 Å². The van der Waals surface area contributed by atoms with Crippen LogP contribution in [0.25, 0.3) is 17.2 Å². The number of carboxylic acid groups (broad SMARTS) is 1. The molecule has 0 amide bonds. The van der Waals surface area contributed by atoms with Crippen LogP contribution < -0.4 is 0 Å². The molecule has 9 heteroatoms. The maximum atomic E-state index is 10.9. The highest BCUT2D eigenvalue weighted by atomic mass is 16.5. The maximum absolute atomic E-state index is 10.9. The number of rotatable bonds is 6. The van der Waals surface area contributed by atoms with Crippen molar-refractivity contribution in [2.75, 3.05) is 7.11 Å². The van der Waals surface area contributed by atoms with Gasteiger partial charge in [-0.2, -0.15) is 0 Å². The molecule has 3 rings (SSSR count). The van der Waals surface area contributed by atoms with Crippen LogP contribution in [0.2, 0.25) is 0 Å². The third kappa shape index (κ3) is 2.79. The molecule has 22 heavy (non-hydrogen) atoms. The second-order valence-corrected chi connectivity index (χ2v) is 4.78. The zero-order chi connectivity index (χ0) is 15.5. The molecule has 0 saturated heterocycles. The number of imidazole rings is 1. The summed E-state index contributed by atoms with van der Waals surface area (Å²) in [6.45, 7) is 0. The number of pyridine rings is 1. The predicted octanol–water partition coefficient (Wildman–Crippen LogP) is 0.547. The van der Waals surface area contributed by atoms with Crippen LogP contribution in [0.3, 0.4) is 0 Å². The number of hydrogen-bond acceptors (Lipinski definition) is 6. The first-order valence-electron chi connectivity index (χ1n) is 6.64. The van der Waals surface area contributed by atoms with Crippen LogP contribution in [-0.2, 0) is 16.0 Å². The van der Waals surface area contributed by atoms with Crippen LogP contribution in [0, 0.1) is 0 Å². The number of aromatic amines is 1. The average Bonchev–Trinajstić information content (AvgIpc) is 3.16. The number of carboxylic acids is 1. The first-order valence-corrected chi connectivity index (χ1v) is 6.64. The maximum Gasteiger partial charge on any atom is 0.332 e. The van der Waals surface area contributed by atoms with Gasteiger partial charge < -0.3 is 14.2 Å². The number of aliphatic carboxylic acids is 1. The molecule has 0 radical (unpaired) electrons. The van der Waals surface area contributed by atoms with Gasteiger partial charge in [-0.3, -0.25) is 0 Å². The van der Waals surface area contributed by atoms with Crippen molar-refractivity contribution in [3.63, 3.8) is 0 Å². The predicted molar refractivity (Wildman–Crippen MR) is 75.1 cm³/mol. The first-order chi connectivity index (χ1) is 10.7. The van der Waals surface area contributed by atoms with Gasteiger partial charge in [-0.25, -0.2) is 14.9 Å². The van der Waals surface area contributed by atoms with E-state index in [1.165, 1.54) is 7.11 Å². The minimum atomic E-state index is -0.952. The standard InChI is InChI=1S/C13H14N6O3/c1-22-10(13(20)21)4-2-8-3-5-11-14-9(7-19(11)6-8)12-15-17-18-16-12/h3,5-7,10H,2,4H2,1H3,(H,20,21)(H,15,16,17,18). The lowest BCUT2D eigenvalue weighted by Crippen LogP contribution is -2.22. The number of aryl methyl sites for hydroxylation is 1. The molecule has 0 aromatic carbocycles. The Bertz CT molecular complexity index is 782. The zero-order valence-electron chi connectivity index (χ0n) is 11.8. The summed E-state index contributed by atoms with van der Waals surface area (Å²) in [6, 6.07) is 3.78. The van der Waals surface area contributed by atoms with Crippen molar-refractivity contribution in [3.8, 4) is 11.5 Å². The molecule has 3 aromatic heterocycles. The summed E-state index contributed by atoms with van der Waals surface area (Å²) in [7, 11) is 1.40. The van der Waals surface area contributed by atoms with Gasteiger partial charge in [0.25, 0.3) is 0 Å². The van der Waals surface area contributed by atoms with Crippen molar-refractivity contribution in [2.45, 2.75) is 18.9 Å². The molecule has 3 aromatic rings. The molecule has 114 valence electrons. The molecular formula is C13H14N6O3. The Morgan fingerprint density at radius 3 is 3.00 bits per heavy atom. The first kappa shape index (κ1) is 14.1. The normalized spacial score (nSPS) is 12.6. The van der Waals surface area contributed by atoms with Crippen LogP contribution in [0.5, 0.6) is 0 Å². The summed E-state index contributed by atoms with van der Waals surface area (Å²) in [6.07, 6.45) is 3.92. The highest BCUT2D eigenvalue weighted by molar-refractivity contribution is 5.72. The summed E-state index contributed by atoms with van der Waals surface area (Å²) in [5.41, 5.74) is 2.40. The number of H-pyrrole nitrogens is 1. The summed E-state index contributed by atoms with van der Waals surface area (Å²) >= 11 is 0. The number of tetrazole rings is 1. The lowest BCUT2D eigenvalue weighted by molar-refractivity contribution is -0.148. The van der Waals surface area contributed by atoms with E-state index in [1.54, 1.807) is 0 Å². The quantitative estimate of drug-likeness (QED) is 0.682. The molecule has 0 aliphatic rings. The number of fused-ring (bicyclic) bond motifs is 1. The molecule has 0 saturated carbocycles. The van der Waals surface area contributed by atoms with Crippen LogP contribution >= 0.6 is 0 Å².